The van der Waals surface area contributed by atoms with E-state index in [4.69, 9.17) is 4.74 Å². The molecule has 21 heavy (non-hydrogen) atoms. The molecule has 0 radical (unpaired) electrons. The number of benzene rings is 1. The van der Waals surface area contributed by atoms with Crippen LogP contribution in [0.3, 0.4) is 0 Å². The second-order valence-corrected chi connectivity index (χ2v) is 5.52. The third-order valence-electron chi connectivity index (χ3n) is 4.34. The molecule has 1 aromatic heterocycles. The van der Waals surface area contributed by atoms with Crippen LogP contribution in [0.4, 0.5) is 0 Å². The van der Waals surface area contributed by atoms with Gasteiger partial charge < -0.3 is 10.1 Å². The maximum Gasteiger partial charge on any atom is 0.0897 e. The molecule has 0 aliphatic carbocycles. The van der Waals surface area contributed by atoms with Crippen molar-refractivity contribution in [1.82, 2.24) is 15.2 Å². The standard InChI is InChI=1S/C17H23N3O/c1-3-20-8-9-21-16(12-20)17(18-2)15-11-19-10-13-6-4-5-7-14(13)15/h4-7,10-11,16-18H,3,8-9,12H2,1-2H3. The Labute approximate surface area is 126 Å². The van der Waals surface area contributed by atoms with Crippen LogP contribution in [0.15, 0.2) is 36.7 Å². The Morgan fingerprint density at radius 2 is 2.24 bits per heavy atom. The number of aromatic nitrogens is 1. The fourth-order valence-electron chi connectivity index (χ4n) is 3.15. The van der Waals surface area contributed by atoms with Gasteiger partial charge in [-0.1, -0.05) is 31.2 Å². The van der Waals surface area contributed by atoms with Gasteiger partial charge in [-0.15, -0.1) is 0 Å². The van der Waals surface area contributed by atoms with Gasteiger partial charge in [-0.25, -0.2) is 0 Å². The molecule has 0 amide bonds. The van der Waals surface area contributed by atoms with Gasteiger partial charge in [0.25, 0.3) is 0 Å². The van der Waals surface area contributed by atoms with Gasteiger partial charge in [-0.05, 0) is 24.5 Å². The van der Waals surface area contributed by atoms with Gasteiger partial charge in [-0.2, -0.15) is 0 Å². The largest absolute Gasteiger partial charge is 0.374 e. The number of likely N-dealkylation sites (N-methyl/N-ethyl adjacent to an activating group) is 2. The predicted molar refractivity (Wildman–Crippen MR) is 85.4 cm³/mol. The minimum Gasteiger partial charge on any atom is -0.374 e. The molecule has 1 fully saturated rings. The summed E-state index contributed by atoms with van der Waals surface area (Å²) in [6.45, 7) is 6.07. The number of fused-ring (bicyclic) bond motifs is 1. The van der Waals surface area contributed by atoms with Crippen molar-refractivity contribution in [3.63, 3.8) is 0 Å². The summed E-state index contributed by atoms with van der Waals surface area (Å²) in [6.07, 6.45) is 4.06. The van der Waals surface area contributed by atoms with Gasteiger partial charge in [0.1, 0.15) is 0 Å². The molecule has 4 nitrogen and oxygen atoms in total. The Hall–Kier alpha value is -1.49. The molecule has 0 spiro atoms. The van der Waals surface area contributed by atoms with Crippen LogP contribution in [-0.4, -0.2) is 49.3 Å². The number of ether oxygens (including phenoxy) is 1. The lowest BCUT2D eigenvalue weighted by molar-refractivity contribution is -0.0442. The van der Waals surface area contributed by atoms with Gasteiger partial charge in [0.2, 0.25) is 0 Å². The van der Waals surface area contributed by atoms with Crippen molar-refractivity contribution in [2.24, 2.45) is 0 Å². The van der Waals surface area contributed by atoms with E-state index >= 15 is 0 Å². The molecule has 1 N–H and O–H groups in total. The number of nitrogens with zero attached hydrogens (tertiary/aromatic N) is 2. The summed E-state index contributed by atoms with van der Waals surface area (Å²) in [7, 11) is 2.00. The molecule has 1 aliphatic rings. The summed E-state index contributed by atoms with van der Waals surface area (Å²) in [5, 5.41) is 5.87. The third kappa shape index (κ3) is 2.93. The molecule has 4 heteroatoms. The Bertz CT molecular complexity index is 596. The molecule has 0 bridgehead atoms. The maximum absolute atomic E-state index is 6.03. The molecule has 0 saturated carbocycles. The number of hydrogen-bond donors (Lipinski definition) is 1. The molecule has 112 valence electrons. The van der Waals surface area contributed by atoms with Crippen molar-refractivity contribution >= 4 is 10.8 Å². The number of morpholine rings is 1. The Morgan fingerprint density at radius 3 is 3.05 bits per heavy atom. The summed E-state index contributed by atoms with van der Waals surface area (Å²) >= 11 is 0. The quantitative estimate of drug-likeness (QED) is 0.934. The van der Waals surface area contributed by atoms with E-state index in [0.29, 0.717) is 0 Å². The summed E-state index contributed by atoms with van der Waals surface area (Å²) in [4.78, 5) is 6.85. The van der Waals surface area contributed by atoms with Crippen LogP contribution in [-0.2, 0) is 4.74 Å². The smallest absolute Gasteiger partial charge is 0.0897 e. The molecule has 2 aromatic rings. The third-order valence-corrected chi connectivity index (χ3v) is 4.34. The molecule has 2 atom stereocenters. The molecule has 1 aliphatic heterocycles. The highest BCUT2D eigenvalue weighted by atomic mass is 16.5. The van der Waals surface area contributed by atoms with Crippen molar-refractivity contribution in [3.8, 4) is 0 Å². The average molecular weight is 285 g/mol. The lowest BCUT2D eigenvalue weighted by Gasteiger charge is -2.36. The number of rotatable bonds is 4. The lowest BCUT2D eigenvalue weighted by Crippen LogP contribution is -2.47. The molecular weight excluding hydrogens is 262 g/mol. The summed E-state index contributed by atoms with van der Waals surface area (Å²) < 4.78 is 6.03. The maximum atomic E-state index is 6.03. The summed E-state index contributed by atoms with van der Waals surface area (Å²) in [5.74, 6) is 0. The Balaban J connectivity index is 1.94. The number of pyridine rings is 1. The first-order valence-corrected chi connectivity index (χ1v) is 7.67. The van der Waals surface area contributed by atoms with Crippen molar-refractivity contribution in [2.75, 3.05) is 33.3 Å². The first-order chi connectivity index (χ1) is 10.3. The van der Waals surface area contributed by atoms with E-state index in [2.05, 4.69) is 46.4 Å². The van der Waals surface area contributed by atoms with E-state index in [1.165, 1.54) is 16.3 Å². The summed E-state index contributed by atoms with van der Waals surface area (Å²) in [5.41, 5.74) is 1.22. The molecule has 3 rings (SSSR count). The van der Waals surface area contributed by atoms with Crippen LogP contribution in [0.2, 0.25) is 0 Å². The lowest BCUT2D eigenvalue weighted by atomic mass is 9.96. The second kappa shape index (κ2) is 6.52. The number of hydrogen-bond acceptors (Lipinski definition) is 4. The van der Waals surface area contributed by atoms with Crippen LogP contribution in [0.25, 0.3) is 10.8 Å². The van der Waals surface area contributed by atoms with Gasteiger partial charge in [0.15, 0.2) is 0 Å². The van der Waals surface area contributed by atoms with Crippen LogP contribution >= 0.6 is 0 Å². The van der Waals surface area contributed by atoms with E-state index in [9.17, 15) is 0 Å². The molecule has 1 aromatic carbocycles. The molecule has 1 saturated heterocycles. The summed E-state index contributed by atoms with van der Waals surface area (Å²) in [6, 6.07) is 8.57. The Kier molecular flexibility index (Phi) is 4.48. The molecular formula is C17H23N3O. The van der Waals surface area contributed by atoms with Crippen LogP contribution < -0.4 is 5.32 Å². The molecule has 2 heterocycles. The average Bonchev–Trinajstić information content (AvgIpc) is 2.56. The van der Waals surface area contributed by atoms with E-state index in [-0.39, 0.29) is 12.1 Å². The fraction of sp³-hybridized carbons (Fsp3) is 0.471. The van der Waals surface area contributed by atoms with Crippen molar-refractivity contribution < 1.29 is 4.74 Å². The highest BCUT2D eigenvalue weighted by Gasteiger charge is 2.28. The van der Waals surface area contributed by atoms with Gasteiger partial charge in [-0.3, -0.25) is 9.88 Å². The fourth-order valence-corrected chi connectivity index (χ4v) is 3.15. The van der Waals surface area contributed by atoms with Crippen LogP contribution in [0, 0.1) is 0 Å². The number of nitrogens with one attached hydrogen (secondary N) is 1. The SMILES string of the molecule is CCN1CCOC(C(NC)c2cncc3ccccc23)C1. The van der Waals surface area contributed by atoms with E-state index in [1.807, 2.05) is 19.4 Å². The second-order valence-electron chi connectivity index (χ2n) is 5.52. The van der Waals surface area contributed by atoms with E-state index in [0.717, 1.165) is 26.2 Å². The Morgan fingerprint density at radius 1 is 1.38 bits per heavy atom. The van der Waals surface area contributed by atoms with Crippen LogP contribution in [0.1, 0.15) is 18.5 Å². The first-order valence-electron chi connectivity index (χ1n) is 7.67. The first kappa shape index (κ1) is 14.4. The van der Waals surface area contributed by atoms with Gasteiger partial charge in [0.05, 0.1) is 18.8 Å². The van der Waals surface area contributed by atoms with E-state index < -0.39 is 0 Å². The normalized spacial score (nSPS) is 21.5. The zero-order valence-electron chi connectivity index (χ0n) is 12.7. The zero-order chi connectivity index (χ0) is 14.7. The minimum absolute atomic E-state index is 0.163. The minimum atomic E-state index is 0.163. The highest BCUT2D eigenvalue weighted by molar-refractivity contribution is 5.85. The van der Waals surface area contributed by atoms with Gasteiger partial charge >= 0.3 is 0 Å². The van der Waals surface area contributed by atoms with Crippen molar-refractivity contribution in [3.05, 3.63) is 42.2 Å². The van der Waals surface area contributed by atoms with Gasteiger partial charge in [0, 0.05) is 30.9 Å². The highest BCUT2D eigenvalue weighted by Crippen LogP contribution is 2.27. The van der Waals surface area contributed by atoms with Crippen molar-refractivity contribution in [2.45, 2.75) is 19.1 Å². The topological polar surface area (TPSA) is 37.4 Å². The van der Waals surface area contributed by atoms with Crippen molar-refractivity contribution in [1.29, 1.82) is 0 Å². The molecule has 2 unspecified atom stereocenters. The van der Waals surface area contributed by atoms with E-state index in [1.54, 1.807) is 0 Å². The monoisotopic (exact) mass is 285 g/mol. The zero-order valence-corrected chi connectivity index (χ0v) is 12.7. The predicted octanol–water partition coefficient (Wildman–Crippen LogP) is 2.22. The van der Waals surface area contributed by atoms with Crippen LogP contribution in [0.5, 0.6) is 0 Å².